The lowest BCUT2D eigenvalue weighted by Gasteiger charge is -2.24. The standard InChI is InChI=1S/C20H21NOS/c1-4-14-16-9-12(2)5-7-15(16)20-21(19(22)11-23-20)18-8-6-13(3)10-17(14)18/h5-10,14,20H,4,11H2,1-3H3. The lowest BCUT2D eigenvalue weighted by Crippen LogP contribution is -2.27. The van der Waals surface area contributed by atoms with Crippen LogP contribution in [0.4, 0.5) is 5.69 Å². The molecule has 0 aromatic heterocycles. The molecule has 2 aromatic carbocycles. The van der Waals surface area contributed by atoms with Crippen molar-refractivity contribution >= 4 is 23.4 Å². The number of amides is 1. The Hall–Kier alpha value is -1.74. The summed E-state index contributed by atoms with van der Waals surface area (Å²) in [5, 5.41) is 0.121. The average Bonchev–Trinajstić information content (AvgIpc) is 2.85. The van der Waals surface area contributed by atoms with E-state index in [9.17, 15) is 4.79 Å². The van der Waals surface area contributed by atoms with E-state index in [-0.39, 0.29) is 11.3 Å². The fraction of sp³-hybridized carbons (Fsp3) is 0.350. The quantitative estimate of drug-likeness (QED) is 0.741. The highest BCUT2D eigenvalue weighted by Crippen LogP contribution is 2.51. The van der Waals surface area contributed by atoms with Gasteiger partial charge in [-0.1, -0.05) is 48.4 Å². The van der Waals surface area contributed by atoms with Gasteiger partial charge in [-0.25, -0.2) is 0 Å². The van der Waals surface area contributed by atoms with Crippen LogP contribution < -0.4 is 4.90 Å². The summed E-state index contributed by atoms with van der Waals surface area (Å²) in [5.41, 5.74) is 7.67. The van der Waals surface area contributed by atoms with Crippen LogP contribution in [0.25, 0.3) is 0 Å². The highest BCUT2D eigenvalue weighted by atomic mass is 32.2. The van der Waals surface area contributed by atoms with Gasteiger partial charge >= 0.3 is 0 Å². The maximum atomic E-state index is 12.6. The molecule has 3 heteroatoms. The molecule has 2 nitrogen and oxygen atoms in total. The van der Waals surface area contributed by atoms with E-state index >= 15 is 0 Å². The van der Waals surface area contributed by atoms with Crippen molar-refractivity contribution in [3.05, 3.63) is 64.2 Å². The summed E-state index contributed by atoms with van der Waals surface area (Å²) in [6.07, 6.45) is 1.05. The van der Waals surface area contributed by atoms with Gasteiger partial charge in [0.05, 0.1) is 5.75 Å². The number of hydrogen-bond donors (Lipinski definition) is 0. The van der Waals surface area contributed by atoms with Crippen molar-refractivity contribution < 1.29 is 4.79 Å². The number of rotatable bonds is 1. The Balaban J connectivity index is 2.04. The van der Waals surface area contributed by atoms with Gasteiger partial charge < -0.3 is 0 Å². The molecule has 2 aliphatic rings. The molecule has 23 heavy (non-hydrogen) atoms. The van der Waals surface area contributed by atoms with Gasteiger partial charge in [-0.15, -0.1) is 11.8 Å². The first kappa shape index (κ1) is 14.8. The molecule has 0 bridgehead atoms. The number of hydrogen-bond acceptors (Lipinski definition) is 2. The molecule has 2 unspecified atom stereocenters. The molecule has 1 amide bonds. The van der Waals surface area contributed by atoms with E-state index < -0.39 is 0 Å². The Labute approximate surface area is 141 Å². The molecule has 0 aliphatic carbocycles. The van der Waals surface area contributed by atoms with Crippen molar-refractivity contribution in [2.75, 3.05) is 10.7 Å². The third-order valence-electron chi connectivity index (χ3n) is 4.98. The SMILES string of the molecule is CCC1c2cc(C)ccc2C2SCC(=O)N2c2ccc(C)cc21. The van der Waals surface area contributed by atoms with Crippen LogP contribution in [-0.4, -0.2) is 11.7 Å². The zero-order valence-electron chi connectivity index (χ0n) is 13.8. The molecule has 0 spiro atoms. The van der Waals surface area contributed by atoms with Gasteiger partial charge in [-0.2, -0.15) is 0 Å². The molecule has 2 aromatic rings. The van der Waals surface area contributed by atoms with Crippen LogP contribution in [0.2, 0.25) is 0 Å². The fourth-order valence-corrected chi connectivity index (χ4v) is 5.13. The van der Waals surface area contributed by atoms with Crippen LogP contribution >= 0.6 is 11.8 Å². The molecule has 0 radical (unpaired) electrons. The van der Waals surface area contributed by atoms with Crippen LogP contribution in [-0.2, 0) is 4.79 Å². The van der Waals surface area contributed by atoms with Gasteiger partial charge in [0.15, 0.2) is 0 Å². The van der Waals surface area contributed by atoms with E-state index in [0.717, 1.165) is 12.1 Å². The zero-order chi connectivity index (χ0) is 16.1. The largest absolute Gasteiger partial charge is 0.295 e. The van der Waals surface area contributed by atoms with Crippen molar-refractivity contribution in [2.45, 2.75) is 38.5 Å². The molecule has 0 N–H and O–H groups in total. The molecule has 0 saturated carbocycles. The first-order chi connectivity index (χ1) is 11.1. The Morgan fingerprint density at radius 3 is 2.48 bits per heavy atom. The second-order valence-electron chi connectivity index (χ2n) is 6.58. The minimum absolute atomic E-state index is 0.121. The summed E-state index contributed by atoms with van der Waals surface area (Å²) in [5.74, 6) is 1.16. The maximum Gasteiger partial charge on any atom is 0.238 e. The molecule has 118 valence electrons. The lowest BCUT2D eigenvalue weighted by atomic mass is 9.85. The van der Waals surface area contributed by atoms with Gasteiger partial charge in [0.25, 0.3) is 0 Å². The molecule has 4 rings (SSSR count). The van der Waals surface area contributed by atoms with Crippen molar-refractivity contribution in [2.24, 2.45) is 0 Å². The number of aryl methyl sites for hydroxylation is 2. The Morgan fingerprint density at radius 1 is 1.04 bits per heavy atom. The van der Waals surface area contributed by atoms with Gasteiger partial charge in [0, 0.05) is 11.6 Å². The molecule has 2 heterocycles. The summed E-state index contributed by atoms with van der Waals surface area (Å²) in [6, 6.07) is 13.3. The molecule has 1 fully saturated rings. The maximum absolute atomic E-state index is 12.6. The number of benzene rings is 2. The monoisotopic (exact) mass is 323 g/mol. The van der Waals surface area contributed by atoms with Crippen LogP contribution in [0.3, 0.4) is 0 Å². The van der Waals surface area contributed by atoms with E-state index in [2.05, 4.69) is 57.2 Å². The topological polar surface area (TPSA) is 20.3 Å². The van der Waals surface area contributed by atoms with E-state index in [1.165, 1.54) is 27.8 Å². The molecular formula is C20H21NOS. The molecule has 2 aliphatic heterocycles. The zero-order valence-corrected chi connectivity index (χ0v) is 14.6. The predicted molar refractivity (Wildman–Crippen MR) is 97.2 cm³/mol. The minimum Gasteiger partial charge on any atom is -0.295 e. The minimum atomic E-state index is 0.121. The number of nitrogens with zero attached hydrogens (tertiary/aromatic N) is 1. The third kappa shape index (κ3) is 2.21. The van der Waals surface area contributed by atoms with Crippen molar-refractivity contribution in [3.63, 3.8) is 0 Å². The number of fused-ring (bicyclic) bond motifs is 5. The Bertz CT molecular complexity index is 798. The van der Waals surface area contributed by atoms with E-state index in [4.69, 9.17) is 0 Å². The first-order valence-corrected chi connectivity index (χ1v) is 9.29. The Kier molecular flexibility index (Phi) is 3.49. The Morgan fingerprint density at radius 2 is 1.74 bits per heavy atom. The number of thioether (sulfide) groups is 1. The summed E-state index contributed by atoms with van der Waals surface area (Å²) in [4.78, 5) is 14.6. The van der Waals surface area contributed by atoms with E-state index in [0.29, 0.717) is 11.7 Å². The first-order valence-electron chi connectivity index (χ1n) is 8.24. The number of anilines is 1. The van der Waals surface area contributed by atoms with Crippen LogP contribution in [0, 0.1) is 13.8 Å². The summed E-state index contributed by atoms with van der Waals surface area (Å²) >= 11 is 1.75. The van der Waals surface area contributed by atoms with Gasteiger partial charge in [0.2, 0.25) is 5.91 Å². The van der Waals surface area contributed by atoms with Crippen molar-refractivity contribution in [1.82, 2.24) is 0 Å². The molecular weight excluding hydrogens is 302 g/mol. The number of carbonyl (C=O) groups is 1. The summed E-state index contributed by atoms with van der Waals surface area (Å²) < 4.78 is 0. The summed E-state index contributed by atoms with van der Waals surface area (Å²) in [7, 11) is 0. The number of carbonyl (C=O) groups excluding carboxylic acids is 1. The third-order valence-corrected chi connectivity index (χ3v) is 6.17. The van der Waals surface area contributed by atoms with Crippen LogP contribution in [0.5, 0.6) is 0 Å². The van der Waals surface area contributed by atoms with Gasteiger partial charge in [0.1, 0.15) is 5.37 Å². The van der Waals surface area contributed by atoms with E-state index in [1.807, 2.05) is 4.90 Å². The van der Waals surface area contributed by atoms with Crippen molar-refractivity contribution in [1.29, 1.82) is 0 Å². The summed E-state index contributed by atoms with van der Waals surface area (Å²) in [6.45, 7) is 6.53. The van der Waals surface area contributed by atoms with Crippen LogP contribution in [0.1, 0.15) is 52.5 Å². The highest BCUT2D eigenvalue weighted by molar-refractivity contribution is 8.00. The van der Waals surface area contributed by atoms with Gasteiger partial charge in [-0.05, 0) is 43.0 Å². The average molecular weight is 323 g/mol. The van der Waals surface area contributed by atoms with Crippen LogP contribution in [0.15, 0.2) is 36.4 Å². The molecule has 2 atom stereocenters. The smallest absolute Gasteiger partial charge is 0.238 e. The molecule has 1 saturated heterocycles. The van der Waals surface area contributed by atoms with Gasteiger partial charge in [-0.3, -0.25) is 9.69 Å². The fourth-order valence-electron chi connectivity index (χ4n) is 3.92. The van der Waals surface area contributed by atoms with Crippen molar-refractivity contribution in [3.8, 4) is 0 Å². The lowest BCUT2D eigenvalue weighted by molar-refractivity contribution is -0.115. The van der Waals surface area contributed by atoms with E-state index in [1.54, 1.807) is 11.8 Å². The normalized spacial score (nSPS) is 22.4. The predicted octanol–water partition coefficient (Wildman–Crippen LogP) is 4.94. The highest BCUT2D eigenvalue weighted by Gasteiger charge is 2.40. The second-order valence-corrected chi connectivity index (χ2v) is 7.65. The second kappa shape index (κ2) is 5.41.